The van der Waals surface area contributed by atoms with Crippen molar-refractivity contribution in [3.8, 4) is 0 Å². The summed E-state index contributed by atoms with van der Waals surface area (Å²) in [5.74, 6) is -1.11. The van der Waals surface area contributed by atoms with Gasteiger partial charge in [-0.05, 0) is 72.6 Å². The van der Waals surface area contributed by atoms with Gasteiger partial charge in [-0.2, -0.15) is 0 Å². The van der Waals surface area contributed by atoms with Crippen molar-refractivity contribution in [3.63, 3.8) is 0 Å². The van der Waals surface area contributed by atoms with E-state index < -0.39 is 35.8 Å². The van der Waals surface area contributed by atoms with E-state index in [-0.39, 0.29) is 60.2 Å². The Kier molecular flexibility index (Phi) is 11.9. The highest BCUT2D eigenvalue weighted by molar-refractivity contribution is 6.06. The lowest BCUT2D eigenvalue weighted by Gasteiger charge is -2.47. The molecule has 1 unspecified atom stereocenters. The fraction of sp³-hybridized carbons (Fsp3) is 0.853. The van der Waals surface area contributed by atoms with Crippen molar-refractivity contribution >= 4 is 17.7 Å². The minimum atomic E-state index is -1.58. The summed E-state index contributed by atoms with van der Waals surface area (Å²) >= 11 is 0. The molecule has 256 valence electrons. The van der Waals surface area contributed by atoms with Gasteiger partial charge in [0.05, 0.1) is 18.1 Å². The van der Waals surface area contributed by atoms with Crippen molar-refractivity contribution in [2.24, 2.45) is 35.0 Å². The van der Waals surface area contributed by atoms with Crippen LogP contribution in [0.15, 0.2) is 12.7 Å². The zero-order valence-corrected chi connectivity index (χ0v) is 28.7. The van der Waals surface area contributed by atoms with Crippen LogP contribution >= 0.6 is 0 Å². The van der Waals surface area contributed by atoms with Gasteiger partial charge in [0, 0.05) is 50.1 Å². The van der Waals surface area contributed by atoms with E-state index >= 15 is 0 Å². The quantitative estimate of drug-likeness (QED) is 0.254. The molecule has 11 atom stereocenters. The number of carbonyl (C=O) groups is 3. The molecule has 0 aliphatic carbocycles. The van der Waals surface area contributed by atoms with Gasteiger partial charge in [0.1, 0.15) is 18.1 Å². The minimum absolute atomic E-state index is 0.0386. The molecular weight excluding hydrogens is 576 g/mol. The molecule has 4 heterocycles. The zero-order chi connectivity index (χ0) is 33.2. The number of amides is 1. The third kappa shape index (κ3) is 7.81. The van der Waals surface area contributed by atoms with Crippen molar-refractivity contribution in [2.45, 2.75) is 90.6 Å². The number of Topliss-reactive ketones (excluding diaryl/α,β-unsaturated/α-hetero) is 1. The summed E-state index contributed by atoms with van der Waals surface area (Å²) in [5, 5.41) is 14.5. The number of ether oxygens (including phenoxy) is 3. The molecular formula is C34H58N4O7. The van der Waals surface area contributed by atoms with Gasteiger partial charge in [-0.1, -0.05) is 26.8 Å². The second kappa shape index (κ2) is 14.9. The maximum absolute atomic E-state index is 14.2. The topological polar surface area (TPSA) is 121 Å². The lowest BCUT2D eigenvalue weighted by molar-refractivity contribution is -0.278. The molecule has 4 rings (SSSR count). The van der Waals surface area contributed by atoms with Gasteiger partial charge in [0.25, 0.3) is 0 Å². The molecule has 4 aliphatic rings. The first-order valence-electron chi connectivity index (χ1n) is 16.9. The lowest BCUT2D eigenvalue weighted by atomic mass is 9.75. The third-order valence-corrected chi connectivity index (χ3v) is 10.9. The van der Waals surface area contributed by atoms with Crippen molar-refractivity contribution in [1.82, 2.24) is 20.0 Å². The van der Waals surface area contributed by atoms with E-state index in [1.54, 1.807) is 13.8 Å². The van der Waals surface area contributed by atoms with Crippen molar-refractivity contribution in [2.75, 3.05) is 60.5 Å². The predicted octanol–water partition coefficient (Wildman–Crippen LogP) is 1.78. The van der Waals surface area contributed by atoms with Gasteiger partial charge >= 0.3 is 5.97 Å². The van der Waals surface area contributed by atoms with E-state index in [1.165, 1.54) is 6.08 Å². The summed E-state index contributed by atoms with van der Waals surface area (Å²) in [4.78, 5) is 47.0. The molecule has 0 radical (unpaired) electrons. The number of carbonyl (C=O) groups excluding carboxylic acids is 3. The zero-order valence-electron chi connectivity index (χ0n) is 28.7. The molecule has 4 fully saturated rings. The predicted molar refractivity (Wildman–Crippen MR) is 171 cm³/mol. The molecule has 0 aromatic rings. The van der Waals surface area contributed by atoms with E-state index in [9.17, 15) is 19.5 Å². The van der Waals surface area contributed by atoms with Gasteiger partial charge in [0.2, 0.25) is 5.91 Å². The Morgan fingerprint density at radius 3 is 2.44 bits per heavy atom. The van der Waals surface area contributed by atoms with Crippen LogP contribution in [0.25, 0.3) is 0 Å². The highest BCUT2D eigenvalue weighted by Crippen LogP contribution is 2.36. The first kappa shape index (κ1) is 36.0. The maximum atomic E-state index is 14.2. The molecule has 0 saturated carbocycles. The van der Waals surface area contributed by atoms with Gasteiger partial charge in [0.15, 0.2) is 12.1 Å². The summed E-state index contributed by atoms with van der Waals surface area (Å²) in [6, 6.07) is -0.248. The molecule has 45 heavy (non-hydrogen) atoms. The molecule has 1 amide bonds. The van der Waals surface area contributed by atoms with Crippen LogP contribution in [0.5, 0.6) is 0 Å². The monoisotopic (exact) mass is 634 g/mol. The highest BCUT2D eigenvalue weighted by atomic mass is 16.7. The Bertz CT molecular complexity index is 1060. The van der Waals surface area contributed by atoms with E-state index in [0.29, 0.717) is 19.5 Å². The van der Waals surface area contributed by atoms with Crippen molar-refractivity contribution in [1.29, 1.82) is 0 Å². The normalized spacial score (nSPS) is 41.5. The van der Waals surface area contributed by atoms with Crippen LogP contribution < -0.4 is 5.32 Å². The Labute approximate surface area is 270 Å². The number of hydrogen-bond acceptors (Lipinski definition) is 10. The molecule has 11 heteroatoms. The number of hydrogen-bond donors (Lipinski definition) is 2. The second-order valence-electron chi connectivity index (χ2n) is 14.8. The third-order valence-electron chi connectivity index (χ3n) is 10.9. The Morgan fingerprint density at radius 2 is 1.84 bits per heavy atom. The largest absolute Gasteiger partial charge is 0.463 e. The summed E-state index contributed by atoms with van der Waals surface area (Å²) in [6.45, 7) is 17.2. The van der Waals surface area contributed by atoms with Gasteiger partial charge in [-0.25, -0.2) is 0 Å². The Hall–Kier alpha value is -1.89. The summed E-state index contributed by atoms with van der Waals surface area (Å²) in [5.41, 5.74) is -1.58. The molecule has 0 aromatic heterocycles. The first-order valence-corrected chi connectivity index (χ1v) is 16.9. The fourth-order valence-corrected chi connectivity index (χ4v) is 7.93. The average molecular weight is 635 g/mol. The first-order chi connectivity index (χ1) is 21.2. The van der Waals surface area contributed by atoms with Crippen molar-refractivity contribution in [3.05, 3.63) is 12.7 Å². The SMILES string of the molecule is C=C[C@]1(C)C(=O)OC[C@@H](C2CN(C(=O)[C@H]3CCNC3)C2)N(C)C[C@H](C)CC(C)[C@H](O[C@@H]2O[C@H](C)C[C@H](N(C)C)[C@H]2O)[C@@H](C)C1=O. The van der Waals surface area contributed by atoms with Gasteiger partial charge in [-0.3, -0.25) is 19.3 Å². The lowest BCUT2D eigenvalue weighted by Crippen LogP contribution is -2.60. The molecule has 0 bridgehead atoms. The number of aliphatic hydroxyl groups excluding tert-OH is 1. The van der Waals surface area contributed by atoms with E-state index in [2.05, 4.69) is 30.6 Å². The van der Waals surface area contributed by atoms with Crippen LogP contribution in [0.1, 0.15) is 53.9 Å². The summed E-state index contributed by atoms with van der Waals surface area (Å²) in [7, 11) is 5.90. The molecule has 2 N–H and O–H groups in total. The number of rotatable bonds is 6. The number of likely N-dealkylation sites (tertiary alicyclic amines) is 1. The smallest absolute Gasteiger partial charge is 0.323 e. The Balaban J connectivity index is 1.55. The van der Waals surface area contributed by atoms with Crippen LogP contribution in [0, 0.1) is 35.0 Å². The molecule has 0 aromatic carbocycles. The number of esters is 1. The summed E-state index contributed by atoms with van der Waals surface area (Å²) in [6.07, 6.45) is 1.13. The molecule has 0 spiro atoms. The van der Waals surface area contributed by atoms with Crippen LogP contribution in [-0.4, -0.2) is 135 Å². The number of ketones is 1. The van der Waals surface area contributed by atoms with Crippen LogP contribution in [0.4, 0.5) is 0 Å². The standard InChI is InChI=1S/C34H58N4O7/c1-10-34(6)30(40)23(5)29(45-32-28(39)26(36(7)8)14-22(4)44-32)21(3)13-20(2)16-37(9)27(19-43-33(34)42)25-17-38(18-25)31(41)24-11-12-35-15-24/h10,20-29,32,35,39H,1,11-19H2,2-9H3/t20-,21?,22-,23-,24+,26+,27+,28-,29+,32+,34+/m1/s1. The fourth-order valence-electron chi connectivity index (χ4n) is 7.93. The summed E-state index contributed by atoms with van der Waals surface area (Å²) < 4.78 is 18.6. The van der Waals surface area contributed by atoms with Crippen molar-refractivity contribution < 1.29 is 33.7 Å². The average Bonchev–Trinajstić information content (AvgIpc) is 3.51. The van der Waals surface area contributed by atoms with E-state index in [0.717, 1.165) is 32.5 Å². The maximum Gasteiger partial charge on any atom is 0.323 e. The molecule has 11 nitrogen and oxygen atoms in total. The molecule has 4 aliphatic heterocycles. The van der Waals surface area contributed by atoms with Gasteiger partial charge < -0.3 is 34.4 Å². The number of aliphatic hydroxyl groups is 1. The Morgan fingerprint density at radius 1 is 1.16 bits per heavy atom. The second-order valence-corrected chi connectivity index (χ2v) is 14.8. The minimum Gasteiger partial charge on any atom is -0.463 e. The molecule has 4 saturated heterocycles. The number of likely N-dealkylation sites (N-methyl/N-ethyl adjacent to an activating group) is 2. The number of nitrogens with zero attached hydrogens (tertiary/aromatic N) is 3. The number of cyclic esters (lactones) is 1. The van der Waals surface area contributed by atoms with E-state index in [4.69, 9.17) is 14.2 Å². The van der Waals surface area contributed by atoms with Gasteiger partial charge in [-0.15, -0.1) is 6.58 Å². The van der Waals surface area contributed by atoms with Crippen LogP contribution in [-0.2, 0) is 28.6 Å². The number of nitrogens with one attached hydrogen (secondary N) is 1. The van der Waals surface area contributed by atoms with Crippen LogP contribution in [0.3, 0.4) is 0 Å². The van der Waals surface area contributed by atoms with Crippen LogP contribution in [0.2, 0.25) is 0 Å². The highest BCUT2D eigenvalue weighted by Gasteiger charge is 2.49. The van der Waals surface area contributed by atoms with E-state index in [1.807, 2.05) is 37.9 Å².